The molecule has 2 saturated heterocycles. The molecule has 3 aliphatic rings. The molecule has 2 unspecified atom stereocenters. The van der Waals surface area contributed by atoms with Crippen molar-refractivity contribution in [2.75, 3.05) is 18.0 Å². The van der Waals surface area contributed by atoms with Gasteiger partial charge in [-0.1, -0.05) is 20.8 Å². The Labute approximate surface area is 110 Å². The summed E-state index contributed by atoms with van der Waals surface area (Å²) >= 11 is 0. The molecule has 0 spiro atoms. The number of hydrogen-bond acceptors (Lipinski definition) is 3. The van der Waals surface area contributed by atoms with Crippen LogP contribution in [0.2, 0.25) is 0 Å². The number of aryl methyl sites for hydroxylation is 1. The van der Waals surface area contributed by atoms with Crippen LogP contribution in [-0.4, -0.2) is 23.1 Å². The van der Waals surface area contributed by atoms with Crippen molar-refractivity contribution in [3.8, 4) is 0 Å². The maximum Gasteiger partial charge on any atom is 0.225 e. The molecule has 0 aromatic carbocycles. The van der Waals surface area contributed by atoms with E-state index in [1.54, 1.807) is 0 Å². The number of piperidine rings is 2. The van der Waals surface area contributed by atoms with Gasteiger partial charge in [0, 0.05) is 25.5 Å². The average Bonchev–Trinajstić information content (AvgIpc) is 2.38. The van der Waals surface area contributed by atoms with Crippen LogP contribution in [0.25, 0.3) is 0 Å². The van der Waals surface area contributed by atoms with Crippen molar-refractivity contribution in [2.24, 2.45) is 23.7 Å². The zero-order valence-electron chi connectivity index (χ0n) is 11.6. The summed E-state index contributed by atoms with van der Waals surface area (Å²) in [4.78, 5) is 11.4. The molecule has 0 amide bonds. The van der Waals surface area contributed by atoms with E-state index in [4.69, 9.17) is 0 Å². The topological polar surface area (TPSA) is 29.0 Å². The van der Waals surface area contributed by atoms with Gasteiger partial charge in [-0.25, -0.2) is 9.97 Å². The standard InChI is InChI=1S/C15H23N3/c1-4-11-6-16-15(17-7-11)18-8-12-5-13(9-18)14(12)10(2)3/h6-7,10,12-14H,4-5,8-9H2,1-3H3. The Bertz CT molecular complexity index is 400. The van der Waals surface area contributed by atoms with Crippen LogP contribution in [0.1, 0.15) is 32.8 Å². The van der Waals surface area contributed by atoms with E-state index in [1.807, 2.05) is 12.4 Å². The van der Waals surface area contributed by atoms with Gasteiger partial charge < -0.3 is 4.90 Å². The molecule has 2 atom stereocenters. The Morgan fingerprint density at radius 1 is 1.22 bits per heavy atom. The van der Waals surface area contributed by atoms with Crippen LogP contribution in [0.15, 0.2) is 12.4 Å². The first-order chi connectivity index (χ1) is 8.69. The van der Waals surface area contributed by atoms with Crippen LogP contribution >= 0.6 is 0 Å². The Balaban J connectivity index is 1.69. The molecule has 0 radical (unpaired) electrons. The summed E-state index contributed by atoms with van der Waals surface area (Å²) in [5.41, 5.74) is 1.22. The number of anilines is 1. The third-order valence-corrected chi connectivity index (χ3v) is 4.76. The summed E-state index contributed by atoms with van der Waals surface area (Å²) in [6.45, 7) is 9.19. The van der Waals surface area contributed by atoms with Crippen molar-refractivity contribution in [1.29, 1.82) is 0 Å². The Hall–Kier alpha value is -1.12. The molecular weight excluding hydrogens is 222 g/mol. The minimum absolute atomic E-state index is 0.833. The molecule has 1 aliphatic carbocycles. The number of nitrogens with zero attached hydrogens (tertiary/aromatic N) is 3. The molecule has 4 rings (SSSR count). The van der Waals surface area contributed by atoms with Crippen LogP contribution in [-0.2, 0) is 6.42 Å². The molecule has 2 aliphatic heterocycles. The van der Waals surface area contributed by atoms with Crippen molar-refractivity contribution < 1.29 is 0 Å². The third-order valence-electron chi connectivity index (χ3n) is 4.76. The molecule has 1 aromatic heterocycles. The summed E-state index contributed by atoms with van der Waals surface area (Å²) in [5.74, 6) is 4.45. The summed E-state index contributed by atoms with van der Waals surface area (Å²) in [6, 6.07) is 0. The Morgan fingerprint density at radius 2 is 1.83 bits per heavy atom. The average molecular weight is 245 g/mol. The first kappa shape index (κ1) is 11.9. The zero-order chi connectivity index (χ0) is 12.7. The molecule has 0 N–H and O–H groups in total. The van der Waals surface area contributed by atoms with Crippen molar-refractivity contribution in [1.82, 2.24) is 9.97 Å². The zero-order valence-corrected chi connectivity index (χ0v) is 11.6. The number of fused-ring (bicyclic) bond motifs is 2. The van der Waals surface area contributed by atoms with Crippen LogP contribution < -0.4 is 4.90 Å². The van der Waals surface area contributed by atoms with E-state index in [1.165, 1.54) is 12.0 Å². The molecule has 3 nitrogen and oxygen atoms in total. The Morgan fingerprint density at radius 3 is 2.33 bits per heavy atom. The van der Waals surface area contributed by atoms with Gasteiger partial charge in [0.2, 0.25) is 5.95 Å². The lowest BCUT2D eigenvalue weighted by Crippen LogP contribution is -2.57. The quantitative estimate of drug-likeness (QED) is 0.820. The van der Waals surface area contributed by atoms with E-state index in [2.05, 4.69) is 35.6 Å². The second-order valence-corrected chi connectivity index (χ2v) is 6.23. The highest BCUT2D eigenvalue weighted by Gasteiger charge is 2.48. The molecule has 98 valence electrons. The molecule has 1 aromatic rings. The molecule has 3 fully saturated rings. The monoisotopic (exact) mass is 245 g/mol. The van der Waals surface area contributed by atoms with Crippen molar-refractivity contribution in [3.63, 3.8) is 0 Å². The van der Waals surface area contributed by atoms with Gasteiger partial charge >= 0.3 is 0 Å². The van der Waals surface area contributed by atoms with E-state index in [0.29, 0.717) is 0 Å². The SMILES string of the molecule is CCc1cnc(N2CC3CC(C2)C3C(C)C)nc1. The predicted octanol–water partition coefficient (Wildman–Crippen LogP) is 2.77. The second-order valence-electron chi connectivity index (χ2n) is 6.23. The molecular formula is C15H23N3. The number of hydrogen-bond donors (Lipinski definition) is 0. The van der Waals surface area contributed by atoms with Gasteiger partial charge in [0.25, 0.3) is 0 Å². The first-order valence-electron chi connectivity index (χ1n) is 7.25. The van der Waals surface area contributed by atoms with Gasteiger partial charge in [-0.15, -0.1) is 0 Å². The highest BCUT2D eigenvalue weighted by molar-refractivity contribution is 5.33. The first-order valence-corrected chi connectivity index (χ1v) is 7.25. The molecule has 3 heteroatoms. The summed E-state index contributed by atoms with van der Waals surface area (Å²) in [6.07, 6.45) is 6.39. The summed E-state index contributed by atoms with van der Waals surface area (Å²) in [7, 11) is 0. The fraction of sp³-hybridized carbons (Fsp3) is 0.733. The van der Waals surface area contributed by atoms with E-state index in [9.17, 15) is 0 Å². The van der Waals surface area contributed by atoms with Crippen LogP contribution in [0.3, 0.4) is 0 Å². The maximum absolute atomic E-state index is 4.51. The fourth-order valence-electron chi connectivity index (χ4n) is 3.87. The van der Waals surface area contributed by atoms with Crippen LogP contribution in [0.4, 0.5) is 5.95 Å². The van der Waals surface area contributed by atoms with E-state index in [0.717, 1.165) is 49.1 Å². The van der Waals surface area contributed by atoms with Gasteiger partial charge in [0.15, 0.2) is 0 Å². The van der Waals surface area contributed by atoms with Crippen LogP contribution in [0.5, 0.6) is 0 Å². The van der Waals surface area contributed by atoms with Gasteiger partial charge in [-0.3, -0.25) is 0 Å². The molecule has 2 bridgehead atoms. The molecule has 1 saturated carbocycles. The smallest absolute Gasteiger partial charge is 0.225 e. The minimum Gasteiger partial charge on any atom is -0.340 e. The van der Waals surface area contributed by atoms with Crippen molar-refractivity contribution in [3.05, 3.63) is 18.0 Å². The highest BCUT2D eigenvalue weighted by atomic mass is 15.3. The number of rotatable bonds is 3. The third kappa shape index (κ3) is 1.90. The van der Waals surface area contributed by atoms with Gasteiger partial charge in [0.05, 0.1) is 0 Å². The minimum atomic E-state index is 0.833. The largest absolute Gasteiger partial charge is 0.340 e. The van der Waals surface area contributed by atoms with E-state index >= 15 is 0 Å². The predicted molar refractivity (Wildman–Crippen MR) is 73.5 cm³/mol. The highest BCUT2D eigenvalue weighted by Crippen LogP contribution is 2.49. The number of aromatic nitrogens is 2. The van der Waals surface area contributed by atoms with E-state index < -0.39 is 0 Å². The normalized spacial score (nSPS) is 30.4. The lowest BCUT2D eigenvalue weighted by atomic mass is 9.58. The summed E-state index contributed by atoms with van der Waals surface area (Å²) < 4.78 is 0. The van der Waals surface area contributed by atoms with Gasteiger partial charge in [-0.2, -0.15) is 0 Å². The lowest BCUT2D eigenvalue weighted by Gasteiger charge is -2.55. The van der Waals surface area contributed by atoms with Gasteiger partial charge in [0.1, 0.15) is 0 Å². The van der Waals surface area contributed by atoms with Crippen molar-refractivity contribution in [2.45, 2.75) is 33.6 Å². The lowest BCUT2D eigenvalue weighted by molar-refractivity contribution is 0.0114. The molecule has 18 heavy (non-hydrogen) atoms. The molecule has 3 heterocycles. The van der Waals surface area contributed by atoms with Gasteiger partial charge in [-0.05, 0) is 42.1 Å². The Kier molecular flexibility index (Phi) is 3.00. The van der Waals surface area contributed by atoms with E-state index in [-0.39, 0.29) is 0 Å². The fourth-order valence-corrected chi connectivity index (χ4v) is 3.87. The van der Waals surface area contributed by atoms with Crippen LogP contribution in [0, 0.1) is 23.7 Å². The second kappa shape index (κ2) is 4.52. The maximum atomic E-state index is 4.51. The summed E-state index contributed by atoms with van der Waals surface area (Å²) in [5, 5.41) is 0. The van der Waals surface area contributed by atoms with Crippen molar-refractivity contribution >= 4 is 5.95 Å².